The molecule has 0 heterocycles. The number of hydrogen-bond donors (Lipinski definition) is 1. The van der Waals surface area contributed by atoms with Gasteiger partial charge in [0.25, 0.3) is 0 Å². The molecule has 108 valence electrons. The molecule has 3 heteroatoms. The van der Waals surface area contributed by atoms with Crippen LogP contribution in [0.1, 0.15) is 11.1 Å². The molecule has 0 fully saturated rings. The molecule has 0 radical (unpaired) electrons. The minimum absolute atomic E-state index is 0. The maximum Gasteiger partial charge on any atom is 0.0185 e. The van der Waals surface area contributed by atoms with Crippen LogP contribution < -0.4 is 5.32 Å². The molecule has 0 unspecified atom stereocenters. The third-order valence-corrected chi connectivity index (χ3v) is 4.00. The van der Waals surface area contributed by atoms with Gasteiger partial charge in [-0.2, -0.15) is 11.8 Å². The van der Waals surface area contributed by atoms with E-state index in [1.807, 2.05) is 11.8 Å². The van der Waals surface area contributed by atoms with Gasteiger partial charge in [-0.05, 0) is 24.1 Å². The third kappa shape index (κ3) is 6.99. The minimum atomic E-state index is 0. The lowest BCUT2D eigenvalue weighted by Gasteiger charge is -2.05. The molecule has 1 nitrogen and oxygen atoms in total. The Morgan fingerprint density at radius 1 is 0.750 bits per heavy atom. The van der Waals surface area contributed by atoms with E-state index in [1.54, 1.807) is 0 Å². The first-order chi connectivity index (χ1) is 9.45. The van der Waals surface area contributed by atoms with Crippen molar-refractivity contribution in [2.24, 2.45) is 0 Å². The van der Waals surface area contributed by atoms with Crippen LogP contribution in [0.4, 0.5) is 0 Å². The Morgan fingerprint density at radius 3 is 2.00 bits per heavy atom. The molecular weight excluding hydrogens is 286 g/mol. The van der Waals surface area contributed by atoms with Crippen LogP contribution in [0.3, 0.4) is 0 Å². The lowest BCUT2D eigenvalue weighted by atomic mass is 10.1. The van der Waals surface area contributed by atoms with Crippen LogP contribution in [-0.4, -0.2) is 18.8 Å². The van der Waals surface area contributed by atoms with Gasteiger partial charge in [0.15, 0.2) is 0 Å². The molecule has 0 aliphatic rings. The van der Waals surface area contributed by atoms with E-state index in [0.717, 1.165) is 25.3 Å². The number of hydrogen-bond acceptors (Lipinski definition) is 2. The zero-order chi connectivity index (χ0) is 13.2. The summed E-state index contributed by atoms with van der Waals surface area (Å²) in [5, 5.41) is 3.50. The lowest BCUT2D eigenvalue weighted by Crippen LogP contribution is -2.20. The molecule has 2 aromatic rings. The maximum absolute atomic E-state index is 3.50. The highest BCUT2D eigenvalue weighted by molar-refractivity contribution is 7.98. The highest BCUT2D eigenvalue weighted by Crippen LogP contribution is 2.10. The Balaban J connectivity index is 0.00000200. The summed E-state index contributed by atoms with van der Waals surface area (Å²) in [6, 6.07) is 21.3. The normalized spacial score (nSPS) is 10.0. The zero-order valence-corrected chi connectivity index (χ0v) is 13.3. The number of benzene rings is 2. The van der Waals surface area contributed by atoms with Crippen molar-refractivity contribution in [1.29, 1.82) is 0 Å². The Bertz CT molecular complexity index is 404. The Hall–Kier alpha value is -0.960. The van der Waals surface area contributed by atoms with Crippen LogP contribution in [0, 0.1) is 0 Å². The Morgan fingerprint density at radius 2 is 1.35 bits per heavy atom. The van der Waals surface area contributed by atoms with Gasteiger partial charge in [0.1, 0.15) is 0 Å². The Labute approximate surface area is 132 Å². The smallest absolute Gasteiger partial charge is 0.0185 e. The Kier molecular flexibility index (Phi) is 9.22. The van der Waals surface area contributed by atoms with Gasteiger partial charge in [-0.3, -0.25) is 0 Å². The van der Waals surface area contributed by atoms with E-state index in [0.29, 0.717) is 0 Å². The zero-order valence-electron chi connectivity index (χ0n) is 11.6. The van der Waals surface area contributed by atoms with Crippen molar-refractivity contribution in [3.8, 4) is 0 Å². The van der Waals surface area contributed by atoms with E-state index in [1.165, 1.54) is 16.9 Å². The van der Waals surface area contributed by atoms with Crippen molar-refractivity contribution in [1.82, 2.24) is 5.32 Å². The second-order valence-electron chi connectivity index (χ2n) is 4.52. The fourth-order valence-electron chi connectivity index (χ4n) is 1.91. The van der Waals surface area contributed by atoms with Crippen LogP contribution in [0.15, 0.2) is 60.7 Å². The summed E-state index contributed by atoms with van der Waals surface area (Å²) in [7, 11) is 0. The summed E-state index contributed by atoms with van der Waals surface area (Å²) in [5.74, 6) is 2.28. The van der Waals surface area contributed by atoms with Crippen molar-refractivity contribution in [2.75, 3.05) is 18.8 Å². The highest BCUT2D eigenvalue weighted by atomic mass is 35.5. The average Bonchev–Trinajstić information content (AvgIpc) is 2.48. The fourth-order valence-corrected chi connectivity index (χ4v) is 2.77. The summed E-state index contributed by atoms with van der Waals surface area (Å²) < 4.78 is 0. The van der Waals surface area contributed by atoms with Crippen molar-refractivity contribution < 1.29 is 0 Å². The number of thioether (sulfide) groups is 1. The van der Waals surface area contributed by atoms with Gasteiger partial charge < -0.3 is 5.32 Å². The van der Waals surface area contributed by atoms with E-state index >= 15 is 0 Å². The molecule has 0 bridgehead atoms. The molecule has 20 heavy (non-hydrogen) atoms. The molecule has 0 aromatic heterocycles. The third-order valence-electron chi connectivity index (χ3n) is 2.97. The molecular formula is C17H22ClNS. The van der Waals surface area contributed by atoms with Gasteiger partial charge in [0, 0.05) is 18.1 Å². The lowest BCUT2D eigenvalue weighted by molar-refractivity contribution is 0.721. The van der Waals surface area contributed by atoms with Crippen LogP contribution >= 0.6 is 24.2 Å². The predicted molar refractivity (Wildman–Crippen MR) is 92.9 cm³/mol. The van der Waals surface area contributed by atoms with E-state index < -0.39 is 0 Å². The summed E-state index contributed by atoms with van der Waals surface area (Å²) in [6.45, 7) is 2.15. The van der Waals surface area contributed by atoms with E-state index in [4.69, 9.17) is 0 Å². The second kappa shape index (κ2) is 10.8. The maximum atomic E-state index is 3.50. The molecule has 0 saturated heterocycles. The van der Waals surface area contributed by atoms with Gasteiger partial charge in [-0.25, -0.2) is 0 Å². The second-order valence-corrected chi connectivity index (χ2v) is 5.63. The first-order valence-electron chi connectivity index (χ1n) is 6.81. The van der Waals surface area contributed by atoms with Gasteiger partial charge in [-0.15, -0.1) is 12.4 Å². The largest absolute Gasteiger partial charge is 0.316 e. The monoisotopic (exact) mass is 307 g/mol. The van der Waals surface area contributed by atoms with Crippen LogP contribution in [0.5, 0.6) is 0 Å². The fraction of sp³-hybridized carbons (Fsp3) is 0.294. The van der Waals surface area contributed by atoms with Crippen LogP contribution in [-0.2, 0) is 12.2 Å². The van der Waals surface area contributed by atoms with E-state index in [2.05, 4.69) is 66.0 Å². The molecule has 2 rings (SSSR count). The molecule has 0 spiro atoms. The number of rotatable bonds is 8. The molecule has 1 N–H and O–H groups in total. The number of nitrogens with one attached hydrogen (secondary N) is 1. The molecule has 0 amide bonds. The summed E-state index contributed by atoms with van der Waals surface area (Å²) >= 11 is 1.99. The summed E-state index contributed by atoms with van der Waals surface area (Å²) in [6.07, 6.45) is 1.12. The first-order valence-corrected chi connectivity index (χ1v) is 7.97. The van der Waals surface area contributed by atoms with E-state index in [9.17, 15) is 0 Å². The molecule has 0 aliphatic carbocycles. The summed E-state index contributed by atoms with van der Waals surface area (Å²) in [4.78, 5) is 0. The van der Waals surface area contributed by atoms with Gasteiger partial charge in [-0.1, -0.05) is 60.7 Å². The number of halogens is 1. The van der Waals surface area contributed by atoms with E-state index in [-0.39, 0.29) is 12.4 Å². The molecule has 2 aromatic carbocycles. The summed E-state index contributed by atoms with van der Waals surface area (Å²) in [5.41, 5.74) is 2.82. The quantitative estimate of drug-likeness (QED) is 0.735. The van der Waals surface area contributed by atoms with Crippen molar-refractivity contribution in [3.05, 3.63) is 71.8 Å². The van der Waals surface area contributed by atoms with Gasteiger partial charge in [0.2, 0.25) is 0 Å². The van der Waals surface area contributed by atoms with Crippen molar-refractivity contribution in [3.63, 3.8) is 0 Å². The van der Waals surface area contributed by atoms with Crippen molar-refractivity contribution in [2.45, 2.75) is 12.2 Å². The van der Waals surface area contributed by atoms with Crippen LogP contribution in [0.25, 0.3) is 0 Å². The minimum Gasteiger partial charge on any atom is -0.316 e. The van der Waals surface area contributed by atoms with Crippen LogP contribution in [0.2, 0.25) is 0 Å². The molecule has 0 saturated carbocycles. The topological polar surface area (TPSA) is 12.0 Å². The molecule has 0 atom stereocenters. The predicted octanol–water partition coefficient (Wildman–Crippen LogP) is 4.17. The first kappa shape index (κ1) is 17.1. The average molecular weight is 308 g/mol. The molecule has 0 aliphatic heterocycles. The van der Waals surface area contributed by atoms with Gasteiger partial charge >= 0.3 is 0 Å². The van der Waals surface area contributed by atoms with Crippen molar-refractivity contribution >= 4 is 24.2 Å². The SMILES string of the molecule is Cl.c1ccc(CCNCCSCc2ccccc2)cc1. The highest BCUT2D eigenvalue weighted by Gasteiger charge is 1.94. The van der Waals surface area contributed by atoms with Gasteiger partial charge in [0.05, 0.1) is 0 Å². The standard InChI is InChI=1S/C17H21NS.ClH/c1-3-7-16(8-4-1)11-12-18-13-14-19-15-17-9-5-2-6-10-17;/h1-10,18H,11-15H2;1H.